The van der Waals surface area contributed by atoms with Crippen LogP contribution in [-0.2, 0) is 14.3 Å². The number of carbonyl (C=O) groups excluding carboxylic acids is 1. The predicted molar refractivity (Wildman–Crippen MR) is 66.0 cm³/mol. The van der Waals surface area contributed by atoms with E-state index in [1.54, 1.807) is 14.2 Å². The van der Waals surface area contributed by atoms with Gasteiger partial charge in [-0.15, -0.1) is 0 Å². The molecule has 0 aromatic rings. The Balaban J connectivity index is 2.57. The average Bonchev–Trinajstić information content (AvgIpc) is 2.77. The lowest BCUT2D eigenvalue weighted by molar-refractivity contribution is -0.138. The van der Waals surface area contributed by atoms with Crippen LogP contribution in [0, 0.1) is 0 Å². The van der Waals surface area contributed by atoms with Gasteiger partial charge in [-0.05, 0) is 26.3 Å². The molecule has 0 bridgehead atoms. The van der Waals surface area contributed by atoms with Gasteiger partial charge in [0.25, 0.3) is 0 Å². The van der Waals surface area contributed by atoms with Crippen LogP contribution >= 0.6 is 0 Å². The van der Waals surface area contributed by atoms with Gasteiger partial charge >= 0.3 is 0 Å². The van der Waals surface area contributed by atoms with Crippen molar-refractivity contribution in [1.82, 2.24) is 10.2 Å². The Morgan fingerprint density at radius 2 is 1.88 bits per heavy atom. The molecule has 5 nitrogen and oxygen atoms in total. The molecule has 1 saturated heterocycles. The van der Waals surface area contributed by atoms with Crippen LogP contribution in [0.4, 0.5) is 0 Å². The molecule has 5 heteroatoms. The minimum absolute atomic E-state index is 0.157. The number of hydrogen-bond donors (Lipinski definition) is 1. The molecular weight excluding hydrogens is 220 g/mol. The maximum Gasteiger partial charge on any atom is 0.242 e. The highest BCUT2D eigenvalue weighted by molar-refractivity contribution is 5.86. The highest BCUT2D eigenvalue weighted by Gasteiger charge is 2.38. The predicted octanol–water partition coefficient (Wildman–Crippen LogP) is 0.250. The van der Waals surface area contributed by atoms with E-state index in [9.17, 15) is 4.79 Å². The fourth-order valence-electron chi connectivity index (χ4n) is 2.14. The fourth-order valence-corrected chi connectivity index (χ4v) is 2.14. The standard InChI is InChI=1S/C12H24N2O3/c1-12(5-4-6-13-12)11(15)14(7-9-16-2)8-10-17-3/h13H,4-10H2,1-3H3. The van der Waals surface area contributed by atoms with E-state index in [4.69, 9.17) is 9.47 Å². The molecule has 0 spiro atoms. The molecule has 0 saturated carbocycles. The molecule has 1 atom stereocenters. The number of amides is 1. The Kier molecular flexibility index (Phi) is 5.88. The van der Waals surface area contributed by atoms with E-state index in [2.05, 4.69) is 5.32 Å². The van der Waals surface area contributed by atoms with E-state index in [-0.39, 0.29) is 5.91 Å². The lowest BCUT2D eigenvalue weighted by Crippen LogP contribution is -2.54. The normalized spacial score (nSPS) is 23.9. The molecule has 100 valence electrons. The van der Waals surface area contributed by atoms with E-state index < -0.39 is 5.54 Å². The van der Waals surface area contributed by atoms with Crippen LogP contribution in [0.15, 0.2) is 0 Å². The van der Waals surface area contributed by atoms with Crippen molar-refractivity contribution < 1.29 is 14.3 Å². The van der Waals surface area contributed by atoms with Gasteiger partial charge in [0.1, 0.15) is 0 Å². The number of ether oxygens (including phenoxy) is 2. The minimum atomic E-state index is -0.401. The molecule has 0 aromatic heterocycles. The first-order valence-corrected chi connectivity index (χ1v) is 6.16. The zero-order valence-electron chi connectivity index (χ0n) is 11.1. The van der Waals surface area contributed by atoms with Crippen LogP contribution in [0.5, 0.6) is 0 Å². The third-order valence-corrected chi connectivity index (χ3v) is 3.26. The first-order valence-electron chi connectivity index (χ1n) is 6.16. The van der Waals surface area contributed by atoms with Gasteiger partial charge < -0.3 is 19.7 Å². The van der Waals surface area contributed by atoms with Crippen LogP contribution in [0.25, 0.3) is 0 Å². The second-order valence-corrected chi connectivity index (χ2v) is 4.64. The van der Waals surface area contributed by atoms with Crippen molar-refractivity contribution in [2.45, 2.75) is 25.3 Å². The number of hydrogen-bond acceptors (Lipinski definition) is 4. The average molecular weight is 244 g/mol. The third kappa shape index (κ3) is 3.94. The lowest BCUT2D eigenvalue weighted by Gasteiger charge is -2.31. The molecule has 0 radical (unpaired) electrons. The van der Waals surface area contributed by atoms with Crippen molar-refractivity contribution in [3.8, 4) is 0 Å². The smallest absolute Gasteiger partial charge is 0.242 e. The van der Waals surface area contributed by atoms with Gasteiger partial charge in [-0.25, -0.2) is 0 Å². The summed E-state index contributed by atoms with van der Waals surface area (Å²) in [7, 11) is 3.29. The quantitative estimate of drug-likeness (QED) is 0.697. The van der Waals surface area contributed by atoms with Gasteiger partial charge in [-0.1, -0.05) is 0 Å². The SMILES string of the molecule is COCCN(CCOC)C(=O)C1(C)CCCN1. The first kappa shape index (κ1) is 14.4. The number of nitrogens with one attached hydrogen (secondary N) is 1. The maximum absolute atomic E-state index is 12.4. The van der Waals surface area contributed by atoms with Gasteiger partial charge in [-0.2, -0.15) is 0 Å². The third-order valence-electron chi connectivity index (χ3n) is 3.26. The Morgan fingerprint density at radius 3 is 2.29 bits per heavy atom. The van der Waals surface area contributed by atoms with Crippen molar-refractivity contribution in [2.75, 3.05) is 47.1 Å². The zero-order chi connectivity index (χ0) is 12.7. The van der Waals surface area contributed by atoms with Crippen LogP contribution in [0.1, 0.15) is 19.8 Å². The summed E-state index contributed by atoms with van der Waals surface area (Å²) in [4.78, 5) is 14.3. The molecule has 1 unspecified atom stereocenters. The van der Waals surface area contributed by atoms with Crippen molar-refractivity contribution in [1.29, 1.82) is 0 Å². The summed E-state index contributed by atoms with van der Waals surface area (Å²) in [5, 5.41) is 3.29. The number of methoxy groups -OCH3 is 2. The van der Waals surface area contributed by atoms with E-state index in [1.165, 1.54) is 0 Å². The molecule has 1 N–H and O–H groups in total. The Morgan fingerprint density at radius 1 is 1.29 bits per heavy atom. The van der Waals surface area contributed by atoms with Crippen molar-refractivity contribution in [3.05, 3.63) is 0 Å². The number of rotatable bonds is 7. The van der Waals surface area contributed by atoms with Crippen molar-refractivity contribution >= 4 is 5.91 Å². The molecule has 1 fully saturated rings. The molecule has 0 aliphatic carbocycles. The summed E-state index contributed by atoms with van der Waals surface area (Å²) >= 11 is 0. The minimum Gasteiger partial charge on any atom is -0.383 e. The topological polar surface area (TPSA) is 50.8 Å². The van der Waals surface area contributed by atoms with E-state index in [0.29, 0.717) is 26.3 Å². The monoisotopic (exact) mass is 244 g/mol. The van der Waals surface area contributed by atoms with Gasteiger partial charge in [0, 0.05) is 27.3 Å². The largest absolute Gasteiger partial charge is 0.383 e. The summed E-state index contributed by atoms with van der Waals surface area (Å²) in [6.07, 6.45) is 1.97. The van der Waals surface area contributed by atoms with Gasteiger partial charge in [0.2, 0.25) is 5.91 Å². The Labute approximate surface area is 103 Å². The van der Waals surface area contributed by atoms with Gasteiger partial charge in [0.05, 0.1) is 18.8 Å². The number of carbonyl (C=O) groups is 1. The van der Waals surface area contributed by atoms with E-state index >= 15 is 0 Å². The molecule has 1 heterocycles. The first-order chi connectivity index (χ1) is 8.14. The summed E-state index contributed by atoms with van der Waals surface area (Å²) in [6.45, 7) is 5.27. The lowest BCUT2D eigenvalue weighted by atomic mass is 9.98. The van der Waals surface area contributed by atoms with Crippen LogP contribution in [0.2, 0.25) is 0 Å². The van der Waals surface area contributed by atoms with E-state index in [1.807, 2.05) is 11.8 Å². The molecule has 1 rings (SSSR count). The summed E-state index contributed by atoms with van der Waals surface area (Å²) in [5.74, 6) is 0.157. The second kappa shape index (κ2) is 6.93. The van der Waals surface area contributed by atoms with Gasteiger partial charge in [0.15, 0.2) is 0 Å². The second-order valence-electron chi connectivity index (χ2n) is 4.64. The number of nitrogens with zero attached hydrogens (tertiary/aromatic N) is 1. The van der Waals surface area contributed by atoms with Crippen LogP contribution in [0.3, 0.4) is 0 Å². The molecular formula is C12H24N2O3. The van der Waals surface area contributed by atoms with Crippen LogP contribution < -0.4 is 5.32 Å². The molecule has 17 heavy (non-hydrogen) atoms. The van der Waals surface area contributed by atoms with Crippen LogP contribution in [-0.4, -0.2) is 63.4 Å². The highest BCUT2D eigenvalue weighted by Crippen LogP contribution is 2.21. The Bertz CT molecular complexity index is 232. The van der Waals surface area contributed by atoms with Crippen molar-refractivity contribution in [2.24, 2.45) is 0 Å². The maximum atomic E-state index is 12.4. The highest BCUT2D eigenvalue weighted by atomic mass is 16.5. The molecule has 1 amide bonds. The Hall–Kier alpha value is -0.650. The fraction of sp³-hybridized carbons (Fsp3) is 0.917. The molecule has 1 aliphatic rings. The summed E-state index contributed by atoms with van der Waals surface area (Å²) in [5.41, 5.74) is -0.401. The summed E-state index contributed by atoms with van der Waals surface area (Å²) < 4.78 is 10.1. The molecule has 1 aliphatic heterocycles. The van der Waals surface area contributed by atoms with E-state index in [0.717, 1.165) is 19.4 Å². The molecule has 0 aromatic carbocycles. The summed E-state index contributed by atoms with van der Waals surface area (Å²) in [6, 6.07) is 0. The zero-order valence-corrected chi connectivity index (χ0v) is 11.1. The van der Waals surface area contributed by atoms with Crippen molar-refractivity contribution in [3.63, 3.8) is 0 Å². The van der Waals surface area contributed by atoms with Gasteiger partial charge in [-0.3, -0.25) is 4.79 Å².